The number of benzene rings is 3. The fourth-order valence-electron chi connectivity index (χ4n) is 2.10. The highest BCUT2D eigenvalue weighted by atomic mass is 31.2. The van der Waals surface area contributed by atoms with Crippen molar-refractivity contribution in [2.24, 2.45) is 0 Å². The number of hydrogen-bond acceptors (Lipinski definition) is 5. The first-order valence-electron chi connectivity index (χ1n) is 7.63. The summed E-state index contributed by atoms with van der Waals surface area (Å²) in [6.07, 6.45) is 0. The molecule has 3 aromatic rings. The van der Waals surface area contributed by atoms with Crippen LogP contribution >= 0.6 is 7.82 Å². The number of phosphoric acid groups is 1. The topological polar surface area (TPSA) is 65.0 Å². The molecule has 0 aliphatic heterocycles. The largest absolute Gasteiger partial charge is 0.647 e. The van der Waals surface area contributed by atoms with Crippen LogP contribution in [0, 0.1) is 6.92 Å². The number of aromatic hydroxyl groups is 1. The summed E-state index contributed by atoms with van der Waals surface area (Å²) in [7, 11) is -4.04. The molecule has 25 heavy (non-hydrogen) atoms. The van der Waals surface area contributed by atoms with Gasteiger partial charge >= 0.3 is 7.82 Å². The van der Waals surface area contributed by atoms with Gasteiger partial charge in [0.2, 0.25) is 0 Å². The van der Waals surface area contributed by atoms with E-state index in [0.717, 1.165) is 0 Å². The van der Waals surface area contributed by atoms with Gasteiger partial charge in [0.1, 0.15) is 23.0 Å². The van der Waals surface area contributed by atoms with Crippen LogP contribution < -0.4 is 13.6 Å². The van der Waals surface area contributed by atoms with Gasteiger partial charge in [0.05, 0.1) is 0 Å². The summed E-state index contributed by atoms with van der Waals surface area (Å²) in [5.74, 6) is 0.942. The Morgan fingerprint density at radius 2 is 1.24 bits per heavy atom. The van der Waals surface area contributed by atoms with Crippen molar-refractivity contribution >= 4 is 7.82 Å². The molecular formula is C19H17O5P. The molecule has 0 aliphatic rings. The lowest BCUT2D eigenvalue weighted by Gasteiger charge is -2.20. The Morgan fingerprint density at radius 1 is 0.720 bits per heavy atom. The number of rotatable bonds is 6. The minimum atomic E-state index is -4.04. The third-order valence-electron chi connectivity index (χ3n) is 3.39. The van der Waals surface area contributed by atoms with Crippen LogP contribution in [0.5, 0.6) is 23.0 Å². The van der Waals surface area contributed by atoms with Crippen molar-refractivity contribution < 1.29 is 23.2 Å². The minimum absolute atomic E-state index is 0.0310. The van der Waals surface area contributed by atoms with Gasteiger partial charge in [0.25, 0.3) is 0 Å². The third kappa shape index (κ3) is 4.34. The van der Waals surface area contributed by atoms with Gasteiger partial charge in [0.15, 0.2) is 0 Å². The number of hydrogen-bond donors (Lipinski definition) is 1. The Morgan fingerprint density at radius 3 is 1.76 bits per heavy atom. The van der Waals surface area contributed by atoms with Crippen LogP contribution in [-0.2, 0) is 4.57 Å². The normalized spacial score (nSPS) is 10.9. The van der Waals surface area contributed by atoms with Crippen molar-refractivity contribution in [2.45, 2.75) is 6.92 Å². The summed E-state index contributed by atoms with van der Waals surface area (Å²) < 4.78 is 29.9. The standard InChI is InChI=1S/C19H17O5P/c1-15-18(20)13-8-14-19(15)24-25(21,22-16-9-4-2-5-10-16)23-17-11-6-3-7-12-17/h2-14,20H,1H3. The van der Waals surface area contributed by atoms with Gasteiger partial charge in [-0.3, -0.25) is 0 Å². The summed E-state index contributed by atoms with van der Waals surface area (Å²) in [4.78, 5) is 0. The van der Waals surface area contributed by atoms with Crippen molar-refractivity contribution in [3.8, 4) is 23.0 Å². The van der Waals surface area contributed by atoms with Crippen molar-refractivity contribution in [3.05, 3.63) is 84.4 Å². The van der Waals surface area contributed by atoms with E-state index in [4.69, 9.17) is 13.6 Å². The summed E-state index contributed by atoms with van der Waals surface area (Å²) in [5, 5.41) is 9.83. The SMILES string of the molecule is Cc1c(O)cccc1OP(=O)(Oc1ccccc1)Oc1ccccc1. The summed E-state index contributed by atoms with van der Waals surface area (Å²) >= 11 is 0. The Bertz CT molecular complexity index is 835. The molecule has 0 unspecified atom stereocenters. The van der Waals surface area contributed by atoms with Gasteiger partial charge in [-0.1, -0.05) is 42.5 Å². The molecule has 0 aromatic heterocycles. The highest BCUT2D eigenvalue weighted by Gasteiger charge is 2.33. The van der Waals surface area contributed by atoms with Crippen LogP contribution in [0.3, 0.4) is 0 Å². The summed E-state index contributed by atoms with van der Waals surface area (Å²) in [6.45, 7) is 1.65. The van der Waals surface area contributed by atoms with Crippen LogP contribution in [-0.4, -0.2) is 5.11 Å². The molecule has 0 atom stereocenters. The number of phenols is 1. The minimum Gasteiger partial charge on any atom is -0.508 e. The zero-order chi connectivity index (χ0) is 17.7. The second-order valence-corrected chi connectivity index (χ2v) is 6.69. The lowest BCUT2D eigenvalue weighted by atomic mass is 10.2. The first-order chi connectivity index (χ1) is 12.1. The molecule has 0 aliphatic carbocycles. The average molecular weight is 356 g/mol. The van der Waals surface area contributed by atoms with Gasteiger partial charge in [-0.15, -0.1) is 0 Å². The van der Waals surface area contributed by atoms with Crippen molar-refractivity contribution in [2.75, 3.05) is 0 Å². The number of phenolic OH excluding ortho intramolecular Hbond substituents is 1. The van der Waals surface area contributed by atoms with Crippen molar-refractivity contribution in [3.63, 3.8) is 0 Å². The third-order valence-corrected chi connectivity index (χ3v) is 4.68. The van der Waals surface area contributed by atoms with Crippen LogP contribution in [0.4, 0.5) is 0 Å². The zero-order valence-electron chi connectivity index (χ0n) is 13.5. The van der Waals surface area contributed by atoms with E-state index in [1.165, 1.54) is 6.07 Å². The highest BCUT2D eigenvalue weighted by molar-refractivity contribution is 7.49. The van der Waals surface area contributed by atoms with Crippen LogP contribution in [0.25, 0.3) is 0 Å². The van der Waals surface area contributed by atoms with E-state index in [0.29, 0.717) is 17.1 Å². The predicted octanol–water partition coefficient (Wildman–Crippen LogP) is 5.35. The van der Waals surface area contributed by atoms with E-state index in [2.05, 4.69) is 0 Å². The fraction of sp³-hybridized carbons (Fsp3) is 0.0526. The van der Waals surface area contributed by atoms with Gasteiger partial charge in [-0.25, -0.2) is 0 Å². The predicted molar refractivity (Wildman–Crippen MR) is 95.2 cm³/mol. The van der Waals surface area contributed by atoms with E-state index < -0.39 is 7.82 Å². The van der Waals surface area contributed by atoms with E-state index >= 15 is 0 Å². The molecule has 0 radical (unpaired) electrons. The molecule has 3 aromatic carbocycles. The maximum absolute atomic E-state index is 13.2. The van der Waals surface area contributed by atoms with Crippen LogP contribution in [0.15, 0.2) is 78.9 Å². The quantitative estimate of drug-likeness (QED) is 0.604. The number of phosphoric ester groups is 1. The molecule has 3 rings (SSSR count). The van der Waals surface area contributed by atoms with Crippen LogP contribution in [0.1, 0.15) is 5.56 Å². The maximum atomic E-state index is 13.2. The van der Waals surface area contributed by atoms with Gasteiger partial charge < -0.3 is 18.7 Å². The van der Waals surface area contributed by atoms with Gasteiger partial charge in [0, 0.05) is 5.56 Å². The fourth-order valence-corrected chi connectivity index (χ4v) is 3.41. The Kier molecular flexibility index (Phi) is 4.96. The van der Waals surface area contributed by atoms with Crippen LogP contribution in [0.2, 0.25) is 0 Å². The first-order valence-corrected chi connectivity index (χ1v) is 9.09. The van der Waals surface area contributed by atoms with Gasteiger partial charge in [-0.2, -0.15) is 4.57 Å². The molecule has 0 spiro atoms. The molecule has 0 amide bonds. The summed E-state index contributed by atoms with van der Waals surface area (Å²) in [5.41, 5.74) is 0.441. The molecule has 6 heteroatoms. The highest BCUT2D eigenvalue weighted by Crippen LogP contribution is 2.50. The molecule has 128 valence electrons. The molecule has 0 fully saturated rings. The lowest BCUT2D eigenvalue weighted by Crippen LogP contribution is -2.08. The second-order valence-electron chi connectivity index (χ2n) is 5.25. The Labute approximate surface area is 146 Å². The lowest BCUT2D eigenvalue weighted by molar-refractivity contribution is 0.297. The molecule has 0 heterocycles. The molecule has 5 nitrogen and oxygen atoms in total. The van der Waals surface area contributed by atoms with Gasteiger partial charge in [-0.05, 0) is 43.3 Å². The average Bonchev–Trinajstić information content (AvgIpc) is 2.60. The molecule has 1 N–H and O–H groups in total. The molecular weight excluding hydrogens is 339 g/mol. The summed E-state index contributed by atoms with van der Waals surface area (Å²) in [6, 6.07) is 21.9. The van der Waals surface area contributed by atoms with E-state index in [9.17, 15) is 9.67 Å². The first kappa shape index (κ1) is 16.9. The van der Waals surface area contributed by atoms with Crippen molar-refractivity contribution in [1.82, 2.24) is 0 Å². The van der Waals surface area contributed by atoms with E-state index in [1.54, 1.807) is 67.6 Å². The maximum Gasteiger partial charge on any atom is 0.647 e. The van der Waals surface area contributed by atoms with E-state index in [-0.39, 0.29) is 11.5 Å². The monoisotopic (exact) mass is 356 g/mol. The molecule has 0 bridgehead atoms. The number of para-hydroxylation sites is 2. The van der Waals surface area contributed by atoms with Crippen molar-refractivity contribution in [1.29, 1.82) is 0 Å². The molecule has 0 saturated heterocycles. The van der Waals surface area contributed by atoms with E-state index in [1.807, 2.05) is 12.1 Å². The second kappa shape index (κ2) is 7.32. The Hall–Kier alpha value is -2.91. The molecule has 0 saturated carbocycles. The smallest absolute Gasteiger partial charge is 0.508 e. The zero-order valence-corrected chi connectivity index (χ0v) is 14.4. The Balaban J connectivity index is 1.93.